The molecule has 1 heterocycles. The van der Waals surface area contributed by atoms with E-state index in [-0.39, 0.29) is 15.0 Å². The number of benzene rings is 2. The van der Waals surface area contributed by atoms with Gasteiger partial charge in [0.2, 0.25) is 19.3 Å². The SMILES string of the molecule is COc1cc(C=C(C#N)C(=O)Nc2nnc(S(C)(=O)=O)s2)ccc1OCCCOc1c(C)cccc1C. The fraction of sp³-hybridized carbons (Fsp3) is 0.280. The first-order valence-electron chi connectivity index (χ1n) is 11.1. The van der Waals surface area contributed by atoms with Crippen LogP contribution in [0.25, 0.3) is 6.08 Å². The number of nitrogens with one attached hydrogen (secondary N) is 1. The highest BCUT2D eigenvalue weighted by Gasteiger charge is 2.18. The smallest absolute Gasteiger partial charge is 0.268 e. The molecule has 0 aliphatic heterocycles. The lowest BCUT2D eigenvalue weighted by Crippen LogP contribution is -2.13. The quantitative estimate of drug-likeness (QED) is 0.165. The Kier molecular flexibility index (Phi) is 9.21. The number of carbonyl (C=O) groups excluding carboxylic acids is 1. The lowest BCUT2D eigenvalue weighted by Gasteiger charge is -2.13. The second kappa shape index (κ2) is 12.3. The summed E-state index contributed by atoms with van der Waals surface area (Å²) in [5.74, 6) is 1.08. The van der Waals surface area contributed by atoms with E-state index in [9.17, 15) is 18.5 Å². The number of sulfone groups is 1. The van der Waals surface area contributed by atoms with Crippen LogP contribution in [0.15, 0.2) is 46.3 Å². The van der Waals surface area contributed by atoms with Gasteiger partial charge in [-0.25, -0.2) is 8.42 Å². The van der Waals surface area contributed by atoms with Crippen molar-refractivity contribution in [3.8, 4) is 23.3 Å². The first-order valence-corrected chi connectivity index (χ1v) is 13.8. The van der Waals surface area contributed by atoms with Crippen LogP contribution in [0.3, 0.4) is 0 Å². The highest BCUT2D eigenvalue weighted by Crippen LogP contribution is 2.29. The molecule has 1 amide bonds. The third-order valence-corrected chi connectivity index (χ3v) is 7.52. The van der Waals surface area contributed by atoms with Gasteiger partial charge in [-0.2, -0.15) is 5.26 Å². The molecule has 2 aromatic carbocycles. The third kappa shape index (κ3) is 7.52. The number of carbonyl (C=O) groups is 1. The van der Waals surface area contributed by atoms with Crippen LogP contribution in [0.2, 0.25) is 0 Å². The van der Waals surface area contributed by atoms with Crippen LogP contribution in [-0.2, 0) is 14.6 Å². The van der Waals surface area contributed by atoms with E-state index in [4.69, 9.17) is 14.2 Å². The van der Waals surface area contributed by atoms with Gasteiger partial charge in [0.05, 0.1) is 20.3 Å². The van der Waals surface area contributed by atoms with E-state index >= 15 is 0 Å². The number of nitriles is 1. The van der Waals surface area contributed by atoms with Crippen molar-refractivity contribution in [1.29, 1.82) is 5.26 Å². The number of ether oxygens (including phenoxy) is 3. The molecule has 1 aromatic heterocycles. The highest BCUT2D eigenvalue weighted by atomic mass is 32.2. The van der Waals surface area contributed by atoms with Crippen LogP contribution in [-0.4, -0.2) is 51.1 Å². The minimum Gasteiger partial charge on any atom is -0.493 e. The lowest BCUT2D eigenvalue weighted by atomic mass is 10.1. The van der Waals surface area contributed by atoms with Crippen molar-refractivity contribution in [2.45, 2.75) is 24.6 Å². The molecule has 10 nitrogen and oxygen atoms in total. The van der Waals surface area contributed by atoms with Gasteiger partial charge in [0, 0.05) is 12.7 Å². The molecule has 0 spiro atoms. The van der Waals surface area contributed by atoms with Crippen LogP contribution < -0.4 is 19.5 Å². The lowest BCUT2D eigenvalue weighted by molar-refractivity contribution is -0.112. The minimum atomic E-state index is -3.55. The molecular formula is C25H26N4O6S2. The topological polar surface area (TPSA) is 140 Å². The van der Waals surface area contributed by atoms with Crippen molar-refractivity contribution in [2.75, 3.05) is 31.9 Å². The van der Waals surface area contributed by atoms with Gasteiger partial charge in [-0.1, -0.05) is 35.6 Å². The predicted molar refractivity (Wildman–Crippen MR) is 140 cm³/mol. The monoisotopic (exact) mass is 542 g/mol. The number of amides is 1. The van der Waals surface area contributed by atoms with Gasteiger partial charge < -0.3 is 14.2 Å². The van der Waals surface area contributed by atoms with E-state index in [2.05, 4.69) is 15.5 Å². The van der Waals surface area contributed by atoms with Crippen molar-refractivity contribution >= 4 is 38.3 Å². The zero-order chi connectivity index (χ0) is 27.0. The second-order valence-corrected chi connectivity index (χ2v) is 11.1. The standard InChI is InChI=1S/C25H26N4O6S2/c1-16-7-5-8-17(2)22(16)35-12-6-11-34-20-10-9-18(14-21(20)33-3)13-19(15-26)23(30)27-24-28-29-25(36-24)37(4,31)32/h5,7-10,13-14H,6,11-12H2,1-4H3,(H,27,28,30). The Morgan fingerprint density at radius 1 is 1.11 bits per heavy atom. The Bertz CT molecular complexity index is 1440. The van der Waals surface area contributed by atoms with Gasteiger partial charge in [-0.05, 0) is 48.7 Å². The fourth-order valence-corrected chi connectivity index (χ4v) is 4.73. The Balaban J connectivity index is 1.61. The fourth-order valence-electron chi connectivity index (χ4n) is 3.23. The molecule has 0 aliphatic carbocycles. The second-order valence-electron chi connectivity index (χ2n) is 7.95. The molecule has 3 rings (SSSR count). The normalized spacial score (nSPS) is 11.5. The highest BCUT2D eigenvalue weighted by molar-refractivity contribution is 7.92. The molecule has 0 saturated carbocycles. The van der Waals surface area contributed by atoms with E-state index in [1.165, 1.54) is 13.2 Å². The maximum atomic E-state index is 12.5. The summed E-state index contributed by atoms with van der Waals surface area (Å²) in [4.78, 5) is 12.5. The number of nitrogens with zero attached hydrogens (tertiary/aromatic N) is 3. The number of aryl methyl sites for hydroxylation is 2. The summed E-state index contributed by atoms with van der Waals surface area (Å²) >= 11 is 0.697. The Hall–Kier alpha value is -3.95. The number of anilines is 1. The van der Waals surface area contributed by atoms with E-state index in [1.807, 2.05) is 38.1 Å². The number of hydrogen-bond acceptors (Lipinski definition) is 10. The molecule has 12 heteroatoms. The van der Waals surface area contributed by atoms with Gasteiger partial charge in [0.1, 0.15) is 17.4 Å². The van der Waals surface area contributed by atoms with Crippen LogP contribution in [0.5, 0.6) is 17.2 Å². The largest absolute Gasteiger partial charge is 0.493 e. The van der Waals surface area contributed by atoms with E-state index in [0.29, 0.717) is 48.0 Å². The molecule has 0 saturated heterocycles. The molecule has 37 heavy (non-hydrogen) atoms. The van der Waals surface area contributed by atoms with Crippen molar-refractivity contribution < 1.29 is 27.4 Å². The van der Waals surface area contributed by atoms with Crippen molar-refractivity contribution in [1.82, 2.24) is 10.2 Å². The zero-order valence-corrected chi connectivity index (χ0v) is 22.4. The van der Waals surface area contributed by atoms with Gasteiger partial charge in [-0.3, -0.25) is 10.1 Å². The summed E-state index contributed by atoms with van der Waals surface area (Å²) in [5.41, 5.74) is 2.48. The van der Waals surface area contributed by atoms with E-state index in [1.54, 1.807) is 18.2 Å². The molecule has 0 radical (unpaired) electrons. The number of aromatic nitrogens is 2. The maximum Gasteiger partial charge on any atom is 0.268 e. The average Bonchev–Trinajstić information content (AvgIpc) is 3.33. The molecule has 3 aromatic rings. The Morgan fingerprint density at radius 2 is 1.81 bits per heavy atom. The zero-order valence-electron chi connectivity index (χ0n) is 20.8. The molecule has 0 unspecified atom stereocenters. The third-order valence-electron chi connectivity index (χ3n) is 5.01. The summed E-state index contributed by atoms with van der Waals surface area (Å²) in [6, 6.07) is 12.8. The Morgan fingerprint density at radius 3 is 2.43 bits per heavy atom. The molecular weight excluding hydrogens is 516 g/mol. The van der Waals surface area contributed by atoms with Gasteiger partial charge >= 0.3 is 0 Å². The summed E-state index contributed by atoms with van der Waals surface area (Å²) in [7, 11) is -2.06. The number of rotatable bonds is 11. The number of hydrogen-bond donors (Lipinski definition) is 1. The molecule has 0 aliphatic rings. The first-order chi connectivity index (χ1) is 17.6. The van der Waals surface area contributed by atoms with Crippen molar-refractivity contribution in [3.05, 3.63) is 58.7 Å². The van der Waals surface area contributed by atoms with Crippen LogP contribution in [0.4, 0.5) is 5.13 Å². The van der Waals surface area contributed by atoms with E-state index in [0.717, 1.165) is 23.1 Å². The van der Waals surface area contributed by atoms with E-state index < -0.39 is 15.7 Å². The molecule has 194 valence electrons. The van der Waals surface area contributed by atoms with Gasteiger partial charge in [-0.15, -0.1) is 10.2 Å². The summed E-state index contributed by atoms with van der Waals surface area (Å²) < 4.78 is 40.0. The average molecular weight is 543 g/mol. The van der Waals surface area contributed by atoms with Crippen molar-refractivity contribution in [3.63, 3.8) is 0 Å². The van der Waals surface area contributed by atoms with Gasteiger partial charge in [0.15, 0.2) is 11.5 Å². The number of methoxy groups -OCH3 is 1. The molecule has 1 N–H and O–H groups in total. The van der Waals surface area contributed by atoms with Crippen LogP contribution in [0.1, 0.15) is 23.1 Å². The van der Waals surface area contributed by atoms with Crippen LogP contribution in [0, 0.1) is 25.2 Å². The molecule has 0 bridgehead atoms. The predicted octanol–water partition coefficient (Wildman–Crippen LogP) is 3.96. The minimum absolute atomic E-state index is 0.0329. The first kappa shape index (κ1) is 27.6. The maximum absolute atomic E-state index is 12.5. The summed E-state index contributed by atoms with van der Waals surface area (Å²) in [5, 5.41) is 19.0. The van der Waals surface area contributed by atoms with Gasteiger partial charge in [0.25, 0.3) is 5.91 Å². The summed E-state index contributed by atoms with van der Waals surface area (Å²) in [6.45, 7) is 4.91. The van der Waals surface area contributed by atoms with Crippen molar-refractivity contribution in [2.24, 2.45) is 0 Å². The van der Waals surface area contributed by atoms with Crippen LogP contribution >= 0.6 is 11.3 Å². The summed E-state index contributed by atoms with van der Waals surface area (Å²) in [6.07, 6.45) is 3.02. The Labute approximate surface area is 219 Å². The molecule has 0 fully saturated rings. The number of para-hydroxylation sites is 1. The molecule has 0 atom stereocenters.